The van der Waals surface area contributed by atoms with Crippen LogP contribution in [0.3, 0.4) is 0 Å². The van der Waals surface area contributed by atoms with Gasteiger partial charge in [0.1, 0.15) is 5.78 Å². The van der Waals surface area contributed by atoms with Crippen molar-refractivity contribution in [2.24, 2.45) is 17.6 Å². The van der Waals surface area contributed by atoms with Crippen LogP contribution in [0.2, 0.25) is 0 Å². The van der Waals surface area contributed by atoms with Gasteiger partial charge in [-0.2, -0.15) is 0 Å². The third-order valence-electron chi connectivity index (χ3n) is 6.08. The van der Waals surface area contributed by atoms with Crippen LogP contribution in [0.4, 0.5) is 0 Å². The van der Waals surface area contributed by atoms with Crippen LogP contribution in [-0.4, -0.2) is 76.1 Å². The number of likely N-dealkylation sites (N-methyl/N-ethyl adjacent to an activating group) is 1. The molecule has 0 bridgehead atoms. The van der Waals surface area contributed by atoms with Gasteiger partial charge >= 0.3 is 0 Å². The van der Waals surface area contributed by atoms with Crippen molar-refractivity contribution < 1.29 is 28.7 Å². The SMILES string of the molecule is CNCC(=O)CC(Cc1ccccc1)C(=O)NC(CC(C)C)C(=O)CCC(=O)NCCCCOCCOCN. The molecule has 1 rings (SSSR count). The van der Waals surface area contributed by atoms with E-state index in [4.69, 9.17) is 15.2 Å². The van der Waals surface area contributed by atoms with Gasteiger partial charge in [-0.05, 0) is 44.2 Å². The average molecular weight is 549 g/mol. The van der Waals surface area contributed by atoms with Crippen LogP contribution in [-0.2, 0) is 35.1 Å². The van der Waals surface area contributed by atoms with Crippen molar-refractivity contribution in [3.8, 4) is 0 Å². The number of hydrogen-bond donors (Lipinski definition) is 4. The number of ether oxygens (including phenoxy) is 2. The standard InChI is InChI=1S/C29H48N4O6/c1-22(2)17-26(27(35)11-12-28(36)32-13-7-8-14-38-15-16-39-21-30)33-29(37)24(19-25(34)20-31-3)18-23-9-5-4-6-10-23/h4-6,9-10,22,24,26,31H,7-8,11-21,30H2,1-3H3,(H,32,36)(H,33,37). The summed E-state index contributed by atoms with van der Waals surface area (Å²) in [5, 5.41) is 8.57. The third kappa shape index (κ3) is 16.8. The van der Waals surface area contributed by atoms with E-state index in [1.165, 1.54) is 0 Å². The first kappa shape index (κ1) is 34.4. The zero-order chi connectivity index (χ0) is 28.9. The van der Waals surface area contributed by atoms with E-state index in [-0.39, 0.29) is 61.8 Å². The van der Waals surface area contributed by atoms with Gasteiger partial charge in [-0.25, -0.2) is 0 Å². The number of carbonyl (C=O) groups is 4. The predicted molar refractivity (Wildman–Crippen MR) is 151 cm³/mol. The Bertz CT molecular complexity index is 849. The molecule has 39 heavy (non-hydrogen) atoms. The molecule has 0 saturated heterocycles. The van der Waals surface area contributed by atoms with Gasteiger partial charge in [-0.15, -0.1) is 0 Å². The number of unbranched alkanes of at least 4 members (excludes halogenated alkanes) is 1. The molecular formula is C29H48N4O6. The Labute approximate surface area is 233 Å². The summed E-state index contributed by atoms with van der Waals surface area (Å²) in [5.74, 6) is -1.19. The van der Waals surface area contributed by atoms with E-state index in [0.717, 1.165) is 18.4 Å². The summed E-state index contributed by atoms with van der Waals surface area (Å²) >= 11 is 0. The second kappa shape index (κ2) is 21.2. The smallest absolute Gasteiger partial charge is 0.224 e. The lowest BCUT2D eigenvalue weighted by molar-refractivity contribution is -0.133. The fraction of sp³-hybridized carbons (Fsp3) is 0.655. The number of amides is 2. The fourth-order valence-corrected chi connectivity index (χ4v) is 4.09. The van der Waals surface area contributed by atoms with Crippen LogP contribution in [0.25, 0.3) is 0 Å². The molecular weight excluding hydrogens is 500 g/mol. The highest BCUT2D eigenvalue weighted by Gasteiger charge is 2.28. The summed E-state index contributed by atoms with van der Waals surface area (Å²) in [6.07, 6.45) is 2.60. The lowest BCUT2D eigenvalue weighted by Crippen LogP contribution is -2.45. The maximum Gasteiger partial charge on any atom is 0.224 e. The monoisotopic (exact) mass is 548 g/mol. The Morgan fingerprint density at radius 1 is 0.949 bits per heavy atom. The van der Waals surface area contributed by atoms with Gasteiger partial charge in [0.15, 0.2) is 5.78 Å². The van der Waals surface area contributed by atoms with Gasteiger partial charge in [0.25, 0.3) is 0 Å². The van der Waals surface area contributed by atoms with Crippen molar-refractivity contribution in [3.63, 3.8) is 0 Å². The Kier molecular flexibility index (Phi) is 18.7. The van der Waals surface area contributed by atoms with Gasteiger partial charge in [0.05, 0.1) is 32.5 Å². The Hall–Kier alpha value is -2.66. The van der Waals surface area contributed by atoms with Crippen molar-refractivity contribution in [2.45, 2.75) is 64.8 Å². The molecule has 0 spiro atoms. The van der Waals surface area contributed by atoms with Crippen LogP contribution in [0.5, 0.6) is 0 Å². The molecule has 5 N–H and O–H groups in total. The summed E-state index contributed by atoms with van der Waals surface area (Å²) in [7, 11) is 1.69. The van der Waals surface area contributed by atoms with E-state index in [9.17, 15) is 19.2 Å². The first-order valence-electron chi connectivity index (χ1n) is 13.9. The number of ketones is 2. The molecule has 0 aliphatic rings. The normalized spacial score (nSPS) is 12.6. The Morgan fingerprint density at radius 2 is 1.67 bits per heavy atom. The van der Waals surface area contributed by atoms with E-state index >= 15 is 0 Å². The zero-order valence-electron chi connectivity index (χ0n) is 23.8. The van der Waals surface area contributed by atoms with Crippen LogP contribution in [0, 0.1) is 11.8 Å². The molecule has 2 amide bonds. The number of benzene rings is 1. The maximum absolute atomic E-state index is 13.3. The molecule has 1 aromatic rings. The summed E-state index contributed by atoms with van der Waals surface area (Å²) in [6.45, 7) is 6.33. The van der Waals surface area contributed by atoms with Crippen LogP contribution >= 0.6 is 0 Å². The second-order valence-electron chi connectivity index (χ2n) is 10.1. The largest absolute Gasteiger partial charge is 0.379 e. The molecule has 0 saturated carbocycles. The minimum absolute atomic E-state index is 0.0375. The van der Waals surface area contributed by atoms with Gasteiger partial charge in [0, 0.05) is 38.3 Å². The lowest BCUT2D eigenvalue weighted by Gasteiger charge is -2.23. The topological polar surface area (TPSA) is 149 Å². The maximum atomic E-state index is 13.3. The number of Topliss-reactive ketones (excluding diaryl/α,β-unsaturated/α-hetero) is 2. The molecule has 0 aliphatic heterocycles. The molecule has 2 unspecified atom stereocenters. The van der Waals surface area contributed by atoms with Crippen molar-refractivity contribution in [1.29, 1.82) is 0 Å². The molecule has 1 aromatic carbocycles. The molecule has 0 heterocycles. The van der Waals surface area contributed by atoms with Crippen LogP contribution < -0.4 is 21.7 Å². The molecule has 0 aliphatic carbocycles. The van der Waals surface area contributed by atoms with Crippen molar-refractivity contribution in [3.05, 3.63) is 35.9 Å². The van der Waals surface area contributed by atoms with Crippen molar-refractivity contribution in [2.75, 3.05) is 46.7 Å². The van der Waals surface area contributed by atoms with E-state index < -0.39 is 12.0 Å². The van der Waals surface area contributed by atoms with Gasteiger partial charge in [-0.1, -0.05) is 44.2 Å². The van der Waals surface area contributed by atoms with Gasteiger partial charge in [0.2, 0.25) is 11.8 Å². The summed E-state index contributed by atoms with van der Waals surface area (Å²) in [4.78, 5) is 50.9. The Balaban J connectivity index is 2.58. The molecule has 0 aromatic heterocycles. The summed E-state index contributed by atoms with van der Waals surface area (Å²) < 4.78 is 10.4. The molecule has 10 nitrogen and oxygen atoms in total. The molecule has 0 radical (unpaired) electrons. The zero-order valence-corrected chi connectivity index (χ0v) is 23.8. The van der Waals surface area contributed by atoms with E-state index in [0.29, 0.717) is 39.2 Å². The molecule has 220 valence electrons. The first-order valence-corrected chi connectivity index (χ1v) is 13.9. The quantitative estimate of drug-likeness (QED) is 0.119. The van der Waals surface area contributed by atoms with Crippen LogP contribution in [0.15, 0.2) is 30.3 Å². The highest BCUT2D eigenvalue weighted by molar-refractivity contribution is 5.93. The minimum Gasteiger partial charge on any atom is -0.379 e. The van der Waals surface area contributed by atoms with Crippen molar-refractivity contribution in [1.82, 2.24) is 16.0 Å². The molecule has 10 heteroatoms. The second-order valence-corrected chi connectivity index (χ2v) is 10.1. The van der Waals surface area contributed by atoms with Gasteiger partial charge in [-0.3, -0.25) is 19.2 Å². The van der Waals surface area contributed by atoms with Crippen molar-refractivity contribution >= 4 is 23.4 Å². The third-order valence-corrected chi connectivity index (χ3v) is 6.08. The first-order chi connectivity index (χ1) is 18.8. The lowest BCUT2D eigenvalue weighted by atomic mass is 9.91. The number of carbonyl (C=O) groups excluding carboxylic acids is 4. The van der Waals surface area contributed by atoms with E-state index in [1.807, 2.05) is 44.2 Å². The fourth-order valence-electron chi connectivity index (χ4n) is 4.09. The average Bonchev–Trinajstić information content (AvgIpc) is 2.90. The predicted octanol–water partition coefficient (Wildman–Crippen LogP) is 1.75. The van der Waals surface area contributed by atoms with E-state index in [1.54, 1.807) is 7.05 Å². The highest BCUT2D eigenvalue weighted by Crippen LogP contribution is 2.16. The van der Waals surface area contributed by atoms with Gasteiger partial charge < -0.3 is 31.2 Å². The highest BCUT2D eigenvalue weighted by atomic mass is 16.5. The number of rotatable bonds is 23. The minimum atomic E-state index is -0.705. The molecule has 2 atom stereocenters. The molecule has 0 fully saturated rings. The Morgan fingerprint density at radius 3 is 2.33 bits per heavy atom. The summed E-state index contributed by atoms with van der Waals surface area (Å²) in [6, 6.07) is 8.82. The van der Waals surface area contributed by atoms with E-state index in [2.05, 4.69) is 16.0 Å². The van der Waals surface area contributed by atoms with Crippen LogP contribution in [0.1, 0.15) is 57.9 Å². The number of nitrogens with two attached hydrogens (primary N) is 1. The number of hydrogen-bond acceptors (Lipinski definition) is 8. The number of nitrogens with one attached hydrogen (secondary N) is 3. The summed E-state index contributed by atoms with van der Waals surface area (Å²) in [5.41, 5.74) is 6.18.